The first-order valence-corrected chi connectivity index (χ1v) is 5.26. The molecule has 1 atom stereocenters. The van der Waals surface area contributed by atoms with Gasteiger partial charge in [0, 0.05) is 6.54 Å². The number of nitrogens with one attached hydrogen (secondary N) is 1. The van der Waals surface area contributed by atoms with Crippen molar-refractivity contribution in [3.8, 4) is 5.75 Å². The number of hydrogen-bond acceptors (Lipinski definition) is 3. The minimum atomic E-state index is -0.814. The molecule has 1 rings (SSSR count). The maximum absolute atomic E-state index is 10.8. The summed E-state index contributed by atoms with van der Waals surface area (Å²) in [6.45, 7) is 2.37. The number of rotatable bonds is 6. The largest absolute Gasteiger partial charge is 0.497 e. The van der Waals surface area contributed by atoms with E-state index in [9.17, 15) is 4.79 Å². The van der Waals surface area contributed by atoms with Crippen LogP contribution in [0, 0.1) is 0 Å². The van der Waals surface area contributed by atoms with Crippen LogP contribution < -0.4 is 10.1 Å². The average Bonchev–Trinajstić information content (AvgIpc) is 2.29. The molecule has 4 nitrogen and oxygen atoms in total. The molecule has 0 fully saturated rings. The van der Waals surface area contributed by atoms with Crippen molar-refractivity contribution < 1.29 is 14.6 Å². The van der Waals surface area contributed by atoms with Crippen LogP contribution in [0.2, 0.25) is 0 Å². The minimum absolute atomic E-state index is 0.494. The second kappa shape index (κ2) is 6.12. The van der Waals surface area contributed by atoms with E-state index < -0.39 is 12.0 Å². The van der Waals surface area contributed by atoms with Gasteiger partial charge in [-0.05, 0) is 24.1 Å². The summed E-state index contributed by atoms with van der Waals surface area (Å²) in [6.07, 6.45) is 0.569. The molecule has 0 saturated carbocycles. The Labute approximate surface area is 95.2 Å². The van der Waals surface area contributed by atoms with Gasteiger partial charge in [-0.1, -0.05) is 19.1 Å². The SMILES string of the molecule is CCC(NCc1cccc(OC)c1)C(=O)O. The molecule has 16 heavy (non-hydrogen) atoms. The van der Waals surface area contributed by atoms with Gasteiger partial charge in [-0.25, -0.2) is 0 Å². The molecule has 0 aliphatic heterocycles. The van der Waals surface area contributed by atoms with E-state index in [0.717, 1.165) is 11.3 Å². The summed E-state index contributed by atoms with van der Waals surface area (Å²) < 4.78 is 5.09. The molecule has 1 aromatic rings. The van der Waals surface area contributed by atoms with E-state index in [0.29, 0.717) is 13.0 Å². The standard InChI is InChI=1S/C12H17NO3/c1-3-11(12(14)15)13-8-9-5-4-6-10(7-9)16-2/h4-7,11,13H,3,8H2,1-2H3,(H,14,15). The number of ether oxygens (including phenoxy) is 1. The smallest absolute Gasteiger partial charge is 0.320 e. The van der Waals surface area contributed by atoms with Crippen LogP contribution in [0.1, 0.15) is 18.9 Å². The molecule has 0 saturated heterocycles. The van der Waals surface area contributed by atoms with E-state index in [1.165, 1.54) is 0 Å². The molecule has 0 amide bonds. The molecule has 1 unspecified atom stereocenters. The molecule has 0 aliphatic carbocycles. The maximum Gasteiger partial charge on any atom is 0.320 e. The summed E-state index contributed by atoms with van der Waals surface area (Å²) in [5, 5.41) is 11.8. The Hall–Kier alpha value is -1.55. The summed E-state index contributed by atoms with van der Waals surface area (Å²) in [4.78, 5) is 10.8. The van der Waals surface area contributed by atoms with Crippen molar-refractivity contribution in [2.75, 3.05) is 7.11 Å². The topological polar surface area (TPSA) is 58.6 Å². The van der Waals surface area contributed by atoms with Gasteiger partial charge in [0.1, 0.15) is 11.8 Å². The Morgan fingerprint density at radius 1 is 1.56 bits per heavy atom. The molecule has 0 aromatic heterocycles. The molecular formula is C12H17NO3. The van der Waals surface area contributed by atoms with Crippen molar-refractivity contribution in [1.29, 1.82) is 0 Å². The lowest BCUT2D eigenvalue weighted by atomic mass is 10.2. The lowest BCUT2D eigenvalue weighted by Crippen LogP contribution is -2.35. The Bertz CT molecular complexity index is 352. The van der Waals surface area contributed by atoms with Crippen molar-refractivity contribution in [2.45, 2.75) is 25.9 Å². The zero-order chi connectivity index (χ0) is 12.0. The summed E-state index contributed by atoms with van der Waals surface area (Å²) in [6, 6.07) is 7.08. The van der Waals surface area contributed by atoms with Gasteiger partial charge in [0.25, 0.3) is 0 Å². The molecule has 0 heterocycles. The van der Waals surface area contributed by atoms with Crippen LogP contribution in [0.3, 0.4) is 0 Å². The second-order valence-electron chi connectivity index (χ2n) is 3.53. The van der Waals surface area contributed by atoms with Gasteiger partial charge in [0.2, 0.25) is 0 Å². The van der Waals surface area contributed by atoms with Gasteiger partial charge < -0.3 is 15.2 Å². The molecule has 2 N–H and O–H groups in total. The van der Waals surface area contributed by atoms with E-state index >= 15 is 0 Å². The van der Waals surface area contributed by atoms with Gasteiger partial charge in [0.05, 0.1) is 7.11 Å². The number of carboxylic acids is 1. The Kier molecular flexibility index (Phi) is 4.79. The van der Waals surface area contributed by atoms with Crippen LogP contribution in [0.4, 0.5) is 0 Å². The first-order valence-electron chi connectivity index (χ1n) is 5.26. The molecule has 88 valence electrons. The van der Waals surface area contributed by atoms with Gasteiger partial charge in [-0.3, -0.25) is 4.79 Å². The van der Waals surface area contributed by atoms with Crippen LogP contribution in [0.25, 0.3) is 0 Å². The van der Waals surface area contributed by atoms with Crippen LogP contribution in [0.5, 0.6) is 5.75 Å². The Morgan fingerprint density at radius 3 is 2.88 bits per heavy atom. The summed E-state index contributed by atoms with van der Waals surface area (Å²) in [5.41, 5.74) is 1.01. The van der Waals surface area contributed by atoms with Crippen molar-refractivity contribution in [2.24, 2.45) is 0 Å². The highest BCUT2D eigenvalue weighted by atomic mass is 16.5. The summed E-state index contributed by atoms with van der Waals surface area (Å²) >= 11 is 0. The average molecular weight is 223 g/mol. The van der Waals surface area contributed by atoms with Crippen LogP contribution >= 0.6 is 0 Å². The van der Waals surface area contributed by atoms with E-state index in [-0.39, 0.29) is 0 Å². The van der Waals surface area contributed by atoms with Crippen LogP contribution in [-0.4, -0.2) is 24.2 Å². The highest BCUT2D eigenvalue weighted by molar-refractivity contribution is 5.73. The summed E-state index contributed by atoms with van der Waals surface area (Å²) in [5.74, 6) is -0.0342. The monoisotopic (exact) mass is 223 g/mol. The number of methoxy groups -OCH3 is 1. The first kappa shape index (κ1) is 12.5. The van der Waals surface area contributed by atoms with Crippen LogP contribution in [-0.2, 0) is 11.3 Å². The maximum atomic E-state index is 10.8. The van der Waals surface area contributed by atoms with Crippen LogP contribution in [0.15, 0.2) is 24.3 Å². The van der Waals surface area contributed by atoms with E-state index in [1.54, 1.807) is 7.11 Å². The Balaban J connectivity index is 2.56. The fourth-order valence-electron chi connectivity index (χ4n) is 1.43. The molecule has 1 aromatic carbocycles. The van der Waals surface area contributed by atoms with Gasteiger partial charge in [-0.2, -0.15) is 0 Å². The number of hydrogen-bond donors (Lipinski definition) is 2. The molecular weight excluding hydrogens is 206 g/mol. The van der Waals surface area contributed by atoms with Gasteiger partial charge >= 0.3 is 5.97 Å². The predicted octanol–water partition coefficient (Wildman–Crippen LogP) is 1.65. The zero-order valence-electron chi connectivity index (χ0n) is 9.56. The van der Waals surface area contributed by atoms with Crippen molar-refractivity contribution >= 4 is 5.97 Å². The number of aliphatic carboxylic acids is 1. The predicted molar refractivity (Wildman–Crippen MR) is 61.5 cm³/mol. The number of carbonyl (C=O) groups is 1. The first-order chi connectivity index (χ1) is 7.67. The quantitative estimate of drug-likeness (QED) is 0.769. The lowest BCUT2D eigenvalue weighted by Gasteiger charge is -2.12. The van der Waals surface area contributed by atoms with Crippen molar-refractivity contribution in [3.05, 3.63) is 29.8 Å². The van der Waals surface area contributed by atoms with Crippen molar-refractivity contribution in [3.63, 3.8) is 0 Å². The fraction of sp³-hybridized carbons (Fsp3) is 0.417. The van der Waals surface area contributed by atoms with Crippen molar-refractivity contribution in [1.82, 2.24) is 5.32 Å². The molecule has 0 spiro atoms. The third kappa shape index (κ3) is 3.55. The molecule has 0 bridgehead atoms. The number of carboxylic acid groups (broad SMARTS) is 1. The fourth-order valence-corrected chi connectivity index (χ4v) is 1.43. The van der Waals surface area contributed by atoms with Gasteiger partial charge in [0.15, 0.2) is 0 Å². The third-order valence-corrected chi connectivity index (χ3v) is 2.39. The molecule has 0 aliphatic rings. The van der Waals surface area contributed by atoms with E-state index in [1.807, 2.05) is 31.2 Å². The molecule has 0 radical (unpaired) electrons. The third-order valence-electron chi connectivity index (χ3n) is 2.39. The normalized spacial score (nSPS) is 12.1. The van der Waals surface area contributed by atoms with E-state index in [4.69, 9.17) is 9.84 Å². The lowest BCUT2D eigenvalue weighted by molar-refractivity contribution is -0.139. The highest BCUT2D eigenvalue weighted by Crippen LogP contribution is 2.12. The van der Waals surface area contributed by atoms with Gasteiger partial charge in [-0.15, -0.1) is 0 Å². The van der Waals surface area contributed by atoms with E-state index in [2.05, 4.69) is 5.32 Å². The highest BCUT2D eigenvalue weighted by Gasteiger charge is 2.13. The minimum Gasteiger partial charge on any atom is -0.497 e. The summed E-state index contributed by atoms with van der Waals surface area (Å²) in [7, 11) is 1.61. The number of benzene rings is 1. The molecule has 4 heteroatoms. The Morgan fingerprint density at radius 2 is 2.31 bits per heavy atom. The zero-order valence-corrected chi connectivity index (χ0v) is 9.56. The second-order valence-corrected chi connectivity index (χ2v) is 3.53.